The van der Waals surface area contributed by atoms with Crippen LogP contribution in [0, 0.1) is 5.82 Å². The highest BCUT2D eigenvalue weighted by atomic mass is 35.5. The van der Waals surface area contributed by atoms with E-state index >= 15 is 0 Å². The first-order valence-electron chi connectivity index (χ1n) is 5.55. The molecule has 1 N–H and O–H groups in total. The smallest absolute Gasteiger partial charge is 0.350 e. The molecule has 2 rings (SSSR count). The second kappa shape index (κ2) is 6.43. The third kappa shape index (κ3) is 3.34. The maximum absolute atomic E-state index is 13.4. The van der Waals surface area contributed by atoms with E-state index in [1.807, 2.05) is 0 Å². The fourth-order valence-corrected chi connectivity index (χ4v) is 2.78. The standard InChI is InChI=1S/C13H8Cl2FNO3S/c1-20-13(19)11-10(2-3-21-11)17-12(18)6-4-9(16)8(15)5-7(6)14/h2-5H,1H3,(H,17,18). The molecule has 110 valence electrons. The van der Waals surface area contributed by atoms with Crippen molar-refractivity contribution in [3.8, 4) is 0 Å². The first-order chi connectivity index (χ1) is 9.93. The molecule has 1 amide bonds. The van der Waals surface area contributed by atoms with Crippen molar-refractivity contribution >= 4 is 52.1 Å². The van der Waals surface area contributed by atoms with E-state index in [2.05, 4.69) is 10.1 Å². The molecule has 0 atom stereocenters. The Bertz CT molecular complexity index is 717. The number of anilines is 1. The zero-order chi connectivity index (χ0) is 15.6. The van der Waals surface area contributed by atoms with Gasteiger partial charge < -0.3 is 10.1 Å². The lowest BCUT2D eigenvalue weighted by molar-refractivity contribution is 0.0607. The number of ether oxygens (including phenoxy) is 1. The summed E-state index contributed by atoms with van der Waals surface area (Å²) in [5.74, 6) is -1.99. The molecule has 0 saturated carbocycles. The molecule has 0 unspecified atom stereocenters. The summed E-state index contributed by atoms with van der Waals surface area (Å²) in [5, 5.41) is 3.93. The summed E-state index contributed by atoms with van der Waals surface area (Å²) in [4.78, 5) is 23.9. The van der Waals surface area contributed by atoms with Crippen LogP contribution in [0.1, 0.15) is 20.0 Å². The van der Waals surface area contributed by atoms with Crippen LogP contribution in [0.4, 0.5) is 10.1 Å². The van der Waals surface area contributed by atoms with Gasteiger partial charge in [0.2, 0.25) is 0 Å². The number of hydrogen-bond acceptors (Lipinski definition) is 4. The Balaban J connectivity index is 2.29. The Hall–Kier alpha value is -1.63. The van der Waals surface area contributed by atoms with Gasteiger partial charge in [-0.05, 0) is 23.6 Å². The van der Waals surface area contributed by atoms with E-state index < -0.39 is 17.7 Å². The molecule has 0 aliphatic rings. The SMILES string of the molecule is COC(=O)c1sccc1NC(=O)c1cc(F)c(Cl)cc1Cl. The molecule has 1 aromatic carbocycles. The van der Waals surface area contributed by atoms with Gasteiger partial charge in [0.25, 0.3) is 5.91 Å². The van der Waals surface area contributed by atoms with Gasteiger partial charge in [-0.1, -0.05) is 23.2 Å². The summed E-state index contributed by atoms with van der Waals surface area (Å²) < 4.78 is 18.0. The van der Waals surface area contributed by atoms with Crippen molar-refractivity contribution in [3.05, 3.63) is 49.9 Å². The molecule has 0 saturated heterocycles. The quantitative estimate of drug-likeness (QED) is 0.667. The number of thiophene rings is 1. The Morgan fingerprint density at radius 2 is 2.00 bits per heavy atom. The van der Waals surface area contributed by atoms with Crippen molar-refractivity contribution in [2.75, 3.05) is 12.4 Å². The number of benzene rings is 1. The van der Waals surface area contributed by atoms with E-state index in [4.69, 9.17) is 23.2 Å². The molecule has 2 aromatic rings. The first kappa shape index (κ1) is 15.8. The Morgan fingerprint density at radius 3 is 2.67 bits per heavy atom. The number of carbonyl (C=O) groups excluding carboxylic acids is 2. The van der Waals surface area contributed by atoms with E-state index in [9.17, 15) is 14.0 Å². The van der Waals surface area contributed by atoms with Gasteiger partial charge in [0.15, 0.2) is 0 Å². The fourth-order valence-electron chi connectivity index (χ4n) is 1.54. The lowest BCUT2D eigenvalue weighted by Gasteiger charge is -2.08. The minimum absolute atomic E-state index is 0.00810. The molecule has 0 fully saturated rings. The maximum Gasteiger partial charge on any atom is 0.350 e. The van der Waals surface area contributed by atoms with Crippen LogP contribution in [0.25, 0.3) is 0 Å². The summed E-state index contributed by atoms with van der Waals surface area (Å²) >= 11 is 12.5. The first-order valence-corrected chi connectivity index (χ1v) is 7.19. The second-order valence-electron chi connectivity index (χ2n) is 3.86. The van der Waals surface area contributed by atoms with Crippen molar-refractivity contribution in [3.63, 3.8) is 0 Å². The number of amides is 1. The van der Waals surface area contributed by atoms with Crippen molar-refractivity contribution in [2.45, 2.75) is 0 Å². The molecular formula is C13H8Cl2FNO3S. The van der Waals surface area contributed by atoms with Crippen LogP contribution < -0.4 is 5.32 Å². The van der Waals surface area contributed by atoms with Gasteiger partial charge in [-0.3, -0.25) is 4.79 Å². The zero-order valence-electron chi connectivity index (χ0n) is 10.6. The Morgan fingerprint density at radius 1 is 1.29 bits per heavy atom. The predicted molar refractivity (Wildman–Crippen MR) is 80.0 cm³/mol. The number of halogens is 3. The molecule has 0 radical (unpaired) electrons. The molecular weight excluding hydrogens is 340 g/mol. The van der Waals surface area contributed by atoms with Crippen LogP contribution in [-0.4, -0.2) is 19.0 Å². The molecule has 0 aliphatic heterocycles. The Kier molecular flexibility index (Phi) is 4.82. The zero-order valence-corrected chi connectivity index (χ0v) is 12.9. The highest BCUT2D eigenvalue weighted by molar-refractivity contribution is 7.12. The third-order valence-corrected chi connectivity index (χ3v) is 4.04. The lowest BCUT2D eigenvalue weighted by atomic mass is 10.2. The third-order valence-electron chi connectivity index (χ3n) is 2.54. The second-order valence-corrected chi connectivity index (χ2v) is 5.59. The molecule has 4 nitrogen and oxygen atoms in total. The molecule has 21 heavy (non-hydrogen) atoms. The van der Waals surface area contributed by atoms with Gasteiger partial charge in [-0.15, -0.1) is 11.3 Å². The van der Waals surface area contributed by atoms with Crippen LogP contribution in [0.3, 0.4) is 0 Å². The normalized spacial score (nSPS) is 10.3. The van der Waals surface area contributed by atoms with Crippen LogP contribution in [-0.2, 0) is 4.74 Å². The van der Waals surface area contributed by atoms with Gasteiger partial charge in [0.05, 0.1) is 28.4 Å². The number of carbonyl (C=O) groups is 2. The topological polar surface area (TPSA) is 55.4 Å². The highest BCUT2D eigenvalue weighted by Crippen LogP contribution is 2.27. The minimum atomic E-state index is -0.760. The number of nitrogens with one attached hydrogen (secondary N) is 1. The molecule has 0 spiro atoms. The molecule has 1 aromatic heterocycles. The average Bonchev–Trinajstić information content (AvgIpc) is 2.90. The molecule has 0 bridgehead atoms. The lowest BCUT2D eigenvalue weighted by Crippen LogP contribution is -2.14. The van der Waals surface area contributed by atoms with Gasteiger partial charge in [-0.25, -0.2) is 9.18 Å². The van der Waals surface area contributed by atoms with Gasteiger partial charge in [-0.2, -0.15) is 0 Å². The number of esters is 1. The van der Waals surface area contributed by atoms with Gasteiger partial charge >= 0.3 is 5.97 Å². The molecule has 8 heteroatoms. The minimum Gasteiger partial charge on any atom is -0.465 e. The van der Waals surface area contributed by atoms with Crippen LogP contribution in [0.5, 0.6) is 0 Å². The summed E-state index contributed by atoms with van der Waals surface area (Å²) in [6, 6.07) is 3.61. The van der Waals surface area contributed by atoms with E-state index in [0.717, 1.165) is 23.5 Å². The van der Waals surface area contributed by atoms with Crippen molar-refractivity contribution < 1.29 is 18.7 Å². The predicted octanol–water partition coefficient (Wildman–Crippen LogP) is 4.23. The van der Waals surface area contributed by atoms with Crippen molar-refractivity contribution in [1.29, 1.82) is 0 Å². The van der Waals surface area contributed by atoms with Crippen molar-refractivity contribution in [1.82, 2.24) is 0 Å². The van der Waals surface area contributed by atoms with E-state index in [1.165, 1.54) is 13.2 Å². The number of rotatable bonds is 3. The summed E-state index contributed by atoms with van der Waals surface area (Å²) in [6.45, 7) is 0. The van der Waals surface area contributed by atoms with Gasteiger partial charge in [0.1, 0.15) is 10.7 Å². The molecule has 0 aliphatic carbocycles. The van der Waals surface area contributed by atoms with Crippen LogP contribution >= 0.6 is 34.5 Å². The average molecular weight is 348 g/mol. The summed E-state index contributed by atoms with van der Waals surface area (Å²) in [5.41, 5.74) is 0.184. The Labute approximate surface area is 133 Å². The van der Waals surface area contributed by atoms with E-state index in [1.54, 1.807) is 5.38 Å². The van der Waals surface area contributed by atoms with Crippen LogP contribution in [0.15, 0.2) is 23.6 Å². The van der Waals surface area contributed by atoms with Crippen LogP contribution in [0.2, 0.25) is 10.0 Å². The fraction of sp³-hybridized carbons (Fsp3) is 0.0769. The number of hydrogen-bond donors (Lipinski definition) is 1. The molecule has 1 heterocycles. The van der Waals surface area contributed by atoms with E-state index in [-0.39, 0.29) is 26.2 Å². The highest BCUT2D eigenvalue weighted by Gasteiger charge is 2.19. The maximum atomic E-state index is 13.4. The number of methoxy groups -OCH3 is 1. The largest absolute Gasteiger partial charge is 0.465 e. The summed E-state index contributed by atoms with van der Waals surface area (Å²) in [7, 11) is 1.24. The summed E-state index contributed by atoms with van der Waals surface area (Å²) in [6.07, 6.45) is 0. The van der Waals surface area contributed by atoms with Crippen molar-refractivity contribution in [2.24, 2.45) is 0 Å². The monoisotopic (exact) mass is 347 g/mol. The van der Waals surface area contributed by atoms with E-state index in [0.29, 0.717) is 0 Å². The van der Waals surface area contributed by atoms with Gasteiger partial charge in [0, 0.05) is 0 Å².